The van der Waals surface area contributed by atoms with Crippen LogP contribution < -0.4 is 22.1 Å². The molecule has 0 spiro atoms. The molecule has 1 aromatic rings. The number of carbonyl (C=O) groups excluding carboxylic acids is 2. The molecule has 0 radical (unpaired) electrons. The van der Waals surface area contributed by atoms with Gasteiger partial charge in [0.05, 0.1) is 12.0 Å². The van der Waals surface area contributed by atoms with Crippen LogP contribution in [0.15, 0.2) is 24.3 Å². The van der Waals surface area contributed by atoms with Crippen LogP contribution in [0.5, 0.6) is 0 Å². The molecular weight excluding hydrogens is 268 g/mol. The van der Waals surface area contributed by atoms with Crippen LogP contribution in [-0.2, 0) is 4.79 Å². The third kappa shape index (κ3) is 5.43. The first-order valence-corrected chi connectivity index (χ1v) is 7.14. The van der Waals surface area contributed by atoms with Crippen molar-refractivity contribution in [3.63, 3.8) is 0 Å². The molecular formula is C15H24N4O2. The molecule has 0 bridgehead atoms. The van der Waals surface area contributed by atoms with E-state index in [2.05, 4.69) is 10.6 Å². The Morgan fingerprint density at radius 2 is 1.86 bits per heavy atom. The third-order valence-electron chi connectivity index (χ3n) is 3.33. The second-order valence-corrected chi connectivity index (χ2v) is 5.06. The zero-order valence-electron chi connectivity index (χ0n) is 12.6. The Hall–Kier alpha value is -2.08. The highest BCUT2D eigenvalue weighted by molar-refractivity contribution is 5.87. The second-order valence-electron chi connectivity index (χ2n) is 5.06. The Bertz CT molecular complexity index is 473. The van der Waals surface area contributed by atoms with E-state index >= 15 is 0 Å². The van der Waals surface area contributed by atoms with Gasteiger partial charge in [0.15, 0.2) is 0 Å². The average Bonchev–Trinajstić information content (AvgIpc) is 2.44. The van der Waals surface area contributed by atoms with Crippen molar-refractivity contribution in [1.29, 1.82) is 0 Å². The van der Waals surface area contributed by atoms with Crippen LogP contribution in [0.1, 0.15) is 38.3 Å². The van der Waals surface area contributed by atoms with E-state index in [4.69, 9.17) is 11.5 Å². The Balaban J connectivity index is 2.64. The normalized spacial score (nSPS) is 13.3. The van der Waals surface area contributed by atoms with Gasteiger partial charge in [-0.05, 0) is 31.0 Å². The van der Waals surface area contributed by atoms with Gasteiger partial charge in [-0.2, -0.15) is 0 Å². The van der Waals surface area contributed by atoms with Crippen LogP contribution in [0.2, 0.25) is 0 Å². The van der Waals surface area contributed by atoms with Gasteiger partial charge < -0.3 is 22.1 Å². The van der Waals surface area contributed by atoms with E-state index in [1.807, 2.05) is 26.0 Å². The van der Waals surface area contributed by atoms with Crippen molar-refractivity contribution < 1.29 is 9.59 Å². The minimum Gasteiger partial charge on any atom is -0.351 e. The average molecular weight is 292 g/mol. The monoisotopic (exact) mass is 292 g/mol. The standard InChI is InChI=1S/C15H24N4O2/c1-3-4-12(9-16)14(20)18-10(2)11-5-7-13(8-6-11)19-15(17)21/h5-8,10,12H,3-4,9,16H2,1-2H3,(H,18,20)(H3,17,19,21). The van der Waals surface area contributed by atoms with Crippen LogP contribution in [0, 0.1) is 5.92 Å². The van der Waals surface area contributed by atoms with E-state index in [0.29, 0.717) is 12.2 Å². The summed E-state index contributed by atoms with van der Waals surface area (Å²) in [6, 6.07) is 6.45. The summed E-state index contributed by atoms with van der Waals surface area (Å²) in [6.45, 7) is 4.30. The zero-order valence-corrected chi connectivity index (χ0v) is 12.6. The molecule has 21 heavy (non-hydrogen) atoms. The number of rotatable bonds is 7. The Morgan fingerprint density at radius 1 is 1.24 bits per heavy atom. The minimum atomic E-state index is -0.602. The van der Waals surface area contributed by atoms with Crippen molar-refractivity contribution in [3.8, 4) is 0 Å². The molecule has 0 aromatic heterocycles. The van der Waals surface area contributed by atoms with Crippen molar-refractivity contribution in [2.45, 2.75) is 32.7 Å². The van der Waals surface area contributed by atoms with Gasteiger partial charge >= 0.3 is 6.03 Å². The molecule has 0 fully saturated rings. The summed E-state index contributed by atoms with van der Waals surface area (Å²) < 4.78 is 0. The van der Waals surface area contributed by atoms with Crippen LogP contribution in [0.4, 0.5) is 10.5 Å². The first-order chi connectivity index (χ1) is 9.97. The van der Waals surface area contributed by atoms with Gasteiger partial charge in [-0.1, -0.05) is 25.5 Å². The van der Waals surface area contributed by atoms with E-state index in [1.165, 1.54) is 0 Å². The molecule has 2 atom stereocenters. The summed E-state index contributed by atoms with van der Waals surface area (Å²) in [5, 5.41) is 5.45. The molecule has 1 aromatic carbocycles. The molecule has 3 amide bonds. The lowest BCUT2D eigenvalue weighted by Crippen LogP contribution is -2.36. The van der Waals surface area contributed by atoms with E-state index in [1.54, 1.807) is 12.1 Å². The zero-order chi connectivity index (χ0) is 15.8. The summed E-state index contributed by atoms with van der Waals surface area (Å²) in [5.41, 5.74) is 12.2. The van der Waals surface area contributed by atoms with Gasteiger partial charge in [-0.3, -0.25) is 4.79 Å². The summed E-state index contributed by atoms with van der Waals surface area (Å²) >= 11 is 0. The van der Waals surface area contributed by atoms with Gasteiger partial charge in [0, 0.05) is 12.2 Å². The van der Waals surface area contributed by atoms with Crippen LogP contribution in [0.25, 0.3) is 0 Å². The molecule has 0 heterocycles. The fourth-order valence-corrected chi connectivity index (χ4v) is 2.12. The lowest BCUT2D eigenvalue weighted by Gasteiger charge is -2.19. The molecule has 2 unspecified atom stereocenters. The fraction of sp³-hybridized carbons (Fsp3) is 0.467. The molecule has 6 nitrogen and oxygen atoms in total. The van der Waals surface area contributed by atoms with Gasteiger partial charge in [-0.15, -0.1) is 0 Å². The van der Waals surface area contributed by atoms with E-state index < -0.39 is 6.03 Å². The highest BCUT2D eigenvalue weighted by Crippen LogP contribution is 2.17. The van der Waals surface area contributed by atoms with Crippen molar-refractivity contribution in [2.75, 3.05) is 11.9 Å². The van der Waals surface area contributed by atoms with Gasteiger partial charge in [0.1, 0.15) is 0 Å². The number of carbonyl (C=O) groups is 2. The molecule has 0 aliphatic heterocycles. The largest absolute Gasteiger partial charge is 0.351 e. The number of nitrogens with two attached hydrogens (primary N) is 2. The Morgan fingerprint density at radius 3 is 2.33 bits per heavy atom. The lowest BCUT2D eigenvalue weighted by atomic mass is 10.0. The van der Waals surface area contributed by atoms with Gasteiger partial charge in [0.25, 0.3) is 0 Å². The van der Waals surface area contributed by atoms with E-state index in [0.717, 1.165) is 18.4 Å². The number of nitrogens with one attached hydrogen (secondary N) is 2. The van der Waals surface area contributed by atoms with Crippen LogP contribution in [-0.4, -0.2) is 18.5 Å². The number of primary amides is 1. The maximum Gasteiger partial charge on any atom is 0.316 e. The number of hydrogen-bond donors (Lipinski definition) is 4. The maximum atomic E-state index is 12.1. The number of urea groups is 1. The first-order valence-electron chi connectivity index (χ1n) is 7.14. The molecule has 1 rings (SSSR count). The third-order valence-corrected chi connectivity index (χ3v) is 3.33. The number of hydrogen-bond acceptors (Lipinski definition) is 3. The van der Waals surface area contributed by atoms with Crippen molar-refractivity contribution >= 4 is 17.6 Å². The summed E-state index contributed by atoms with van der Waals surface area (Å²) in [6.07, 6.45) is 1.72. The van der Waals surface area contributed by atoms with Crippen molar-refractivity contribution in [1.82, 2.24) is 5.32 Å². The quantitative estimate of drug-likeness (QED) is 0.614. The van der Waals surface area contributed by atoms with Gasteiger partial charge in [-0.25, -0.2) is 4.79 Å². The Labute approximate surface area is 125 Å². The van der Waals surface area contributed by atoms with Gasteiger partial charge in [0.2, 0.25) is 5.91 Å². The molecule has 6 heteroatoms. The summed E-state index contributed by atoms with van der Waals surface area (Å²) in [4.78, 5) is 22.8. The highest BCUT2D eigenvalue weighted by atomic mass is 16.2. The lowest BCUT2D eigenvalue weighted by molar-refractivity contribution is -0.125. The minimum absolute atomic E-state index is 0.0220. The van der Waals surface area contributed by atoms with Crippen molar-refractivity contribution in [3.05, 3.63) is 29.8 Å². The predicted octanol–water partition coefficient (Wildman–Crippen LogP) is 1.73. The molecule has 0 saturated heterocycles. The maximum absolute atomic E-state index is 12.1. The molecule has 116 valence electrons. The summed E-state index contributed by atoms with van der Waals surface area (Å²) in [5.74, 6) is -0.167. The van der Waals surface area contributed by atoms with Crippen molar-refractivity contribution in [2.24, 2.45) is 17.4 Å². The number of amides is 3. The molecule has 0 saturated carbocycles. The van der Waals surface area contributed by atoms with Crippen LogP contribution >= 0.6 is 0 Å². The Kier molecular flexibility index (Phi) is 6.68. The molecule has 0 aliphatic carbocycles. The predicted molar refractivity (Wildman–Crippen MR) is 83.7 cm³/mol. The second kappa shape index (κ2) is 8.26. The summed E-state index contributed by atoms with van der Waals surface area (Å²) in [7, 11) is 0. The van der Waals surface area contributed by atoms with Crippen LogP contribution in [0.3, 0.4) is 0 Å². The first kappa shape index (κ1) is 17.0. The SMILES string of the molecule is CCCC(CN)C(=O)NC(C)c1ccc(NC(N)=O)cc1. The molecule has 0 aliphatic rings. The molecule has 6 N–H and O–H groups in total. The van der Waals surface area contributed by atoms with E-state index in [-0.39, 0.29) is 17.9 Å². The fourth-order valence-electron chi connectivity index (χ4n) is 2.12. The highest BCUT2D eigenvalue weighted by Gasteiger charge is 2.18. The number of benzene rings is 1. The topological polar surface area (TPSA) is 110 Å². The van der Waals surface area contributed by atoms with E-state index in [9.17, 15) is 9.59 Å². The number of anilines is 1. The smallest absolute Gasteiger partial charge is 0.316 e.